The molecule has 2 heterocycles. The summed E-state index contributed by atoms with van der Waals surface area (Å²) in [7, 11) is 3.41. The fraction of sp³-hybridized carbons (Fsp3) is 0.263. The number of amides is 1. The van der Waals surface area contributed by atoms with E-state index in [2.05, 4.69) is 32.9 Å². The van der Waals surface area contributed by atoms with Crippen molar-refractivity contribution in [1.29, 1.82) is 0 Å². The highest BCUT2D eigenvalue weighted by molar-refractivity contribution is 14.1. The van der Waals surface area contributed by atoms with E-state index in [1.165, 1.54) is 12.5 Å². The SMILES string of the molecule is COc1ccc(-c2ocnc2C(=O)NCCC2=CN(C)CC(F)=C2)cc1I. The largest absolute Gasteiger partial charge is 0.496 e. The van der Waals surface area contributed by atoms with Gasteiger partial charge in [0.05, 0.1) is 17.2 Å². The van der Waals surface area contributed by atoms with Crippen molar-refractivity contribution in [2.45, 2.75) is 6.42 Å². The second-order valence-corrected chi connectivity index (χ2v) is 7.26. The predicted octanol–water partition coefficient (Wildman–Crippen LogP) is 3.76. The van der Waals surface area contributed by atoms with Gasteiger partial charge >= 0.3 is 0 Å². The van der Waals surface area contributed by atoms with Crippen LogP contribution in [0.15, 0.2) is 52.7 Å². The van der Waals surface area contributed by atoms with Crippen LogP contribution in [0.3, 0.4) is 0 Å². The van der Waals surface area contributed by atoms with Gasteiger partial charge in [-0.05, 0) is 58.9 Å². The molecule has 1 aromatic heterocycles. The Kier molecular flexibility index (Phi) is 6.15. The lowest BCUT2D eigenvalue weighted by molar-refractivity contribution is 0.0950. The number of aromatic nitrogens is 1. The van der Waals surface area contributed by atoms with E-state index in [0.717, 1.165) is 20.5 Å². The molecule has 1 N–H and O–H groups in total. The monoisotopic (exact) mass is 483 g/mol. The number of rotatable bonds is 6. The third kappa shape index (κ3) is 4.68. The van der Waals surface area contributed by atoms with Gasteiger partial charge in [0, 0.05) is 25.4 Å². The second-order valence-electron chi connectivity index (χ2n) is 6.10. The minimum Gasteiger partial charge on any atom is -0.496 e. The summed E-state index contributed by atoms with van der Waals surface area (Å²) in [6, 6.07) is 5.50. The van der Waals surface area contributed by atoms with Gasteiger partial charge in [-0.3, -0.25) is 4.79 Å². The average molecular weight is 483 g/mol. The van der Waals surface area contributed by atoms with Crippen LogP contribution in [-0.4, -0.2) is 43.0 Å². The number of likely N-dealkylation sites (N-methyl/N-ethyl adjacent to an activating group) is 1. The van der Waals surface area contributed by atoms with E-state index in [1.54, 1.807) is 12.0 Å². The average Bonchev–Trinajstić information content (AvgIpc) is 3.10. The third-order valence-corrected chi connectivity index (χ3v) is 4.87. The van der Waals surface area contributed by atoms with E-state index >= 15 is 0 Å². The zero-order valence-corrected chi connectivity index (χ0v) is 17.1. The molecule has 27 heavy (non-hydrogen) atoms. The summed E-state index contributed by atoms with van der Waals surface area (Å²) in [4.78, 5) is 18.3. The van der Waals surface area contributed by atoms with Crippen molar-refractivity contribution in [2.24, 2.45) is 0 Å². The molecule has 0 bridgehead atoms. The number of methoxy groups -OCH3 is 1. The Labute approximate surface area is 170 Å². The van der Waals surface area contributed by atoms with Gasteiger partial charge in [-0.1, -0.05) is 0 Å². The summed E-state index contributed by atoms with van der Waals surface area (Å²) in [5, 5.41) is 2.81. The molecule has 6 nitrogen and oxygen atoms in total. The lowest BCUT2D eigenvalue weighted by Gasteiger charge is -2.19. The summed E-state index contributed by atoms with van der Waals surface area (Å²) < 4.78 is 25.1. The number of nitrogens with zero attached hydrogens (tertiary/aromatic N) is 2. The molecule has 1 amide bonds. The number of carbonyl (C=O) groups excluding carboxylic acids is 1. The van der Waals surface area contributed by atoms with Crippen LogP contribution < -0.4 is 10.1 Å². The third-order valence-electron chi connectivity index (χ3n) is 4.02. The number of oxazole rings is 1. The first kappa shape index (κ1) is 19.4. The van der Waals surface area contributed by atoms with Crippen molar-refractivity contribution >= 4 is 28.5 Å². The Balaban J connectivity index is 1.67. The van der Waals surface area contributed by atoms with E-state index < -0.39 is 0 Å². The number of nitrogens with one attached hydrogen (secondary N) is 1. The highest BCUT2D eigenvalue weighted by Gasteiger charge is 2.19. The van der Waals surface area contributed by atoms with Crippen molar-refractivity contribution in [1.82, 2.24) is 15.2 Å². The number of carbonyl (C=O) groups is 1. The van der Waals surface area contributed by atoms with Gasteiger partial charge in [0.2, 0.25) is 0 Å². The second kappa shape index (κ2) is 8.55. The topological polar surface area (TPSA) is 67.6 Å². The zero-order valence-electron chi connectivity index (χ0n) is 15.0. The normalized spacial score (nSPS) is 13.9. The van der Waals surface area contributed by atoms with Crippen LogP contribution in [0.5, 0.6) is 5.75 Å². The molecule has 0 saturated carbocycles. The van der Waals surface area contributed by atoms with Gasteiger partial charge in [0.15, 0.2) is 17.8 Å². The molecule has 1 aromatic carbocycles. The van der Waals surface area contributed by atoms with Gasteiger partial charge in [-0.25, -0.2) is 9.37 Å². The Morgan fingerprint density at radius 2 is 2.30 bits per heavy atom. The first-order valence-corrected chi connectivity index (χ1v) is 9.38. The molecule has 0 atom stereocenters. The Morgan fingerprint density at radius 3 is 3.00 bits per heavy atom. The number of ether oxygens (including phenoxy) is 1. The standard InChI is InChI=1S/C19H19FIN3O3/c1-24-9-12(7-14(20)10-24)5-6-22-19(25)17-18(27-11-23-17)13-3-4-16(26-2)15(21)8-13/h3-4,7-9,11H,5-6,10H2,1-2H3,(H,22,25). The number of hydrogen-bond acceptors (Lipinski definition) is 5. The molecule has 0 radical (unpaired) electrons. The van der Waals surface area contributed by atoms with Crippen molar-refractivity contribution < 1.29 is 18.3 Å². The Hall–Kier alpha value is -2.36. The first-order chi connectivity index (χ1) is 13.0. The van der Waals surface area contributed by atoms with Gasteiger partial charge in [-0.2, -0.15) is 0 Å². The number of hydrogen-bond donors (Lipinski definition) is 1. The molecule has 0 unspecified atom stereocenters. The van der Waals surface area contributed by atoms with Gasteiger partial charge < -0.3 is 19.4 Å². The summed E-state index contributed by atoms with van der Waals surface area (Å²) in [5.41, 5.74) is 1.78. The molecule has 1 aliphatic rings. The minimum atomic E-state index is -0.334. The fourth-order valence-corrected chi connectivity index (χ4v) is 3.55. The van der Waals surface area contributed by atoms with Gasteiger partial charge in [0.1, 0.15) is 11.6 Å². The molecule has 2 aromatic rings. The van der Waals surface area contributed by atoms with Crippen molar-refractivity contribution in [2.75, 3.05) is 27.2 Å². The summed E-state index contributed by atoms with van der Waals surface area (Å²) in [6.07, 6.45) is 5.15. The highest BCUT2D eigenvalue weighted by atomic mass is 127. The molecule has 8 heteroatoms. The molecular weight excluding hydrogens is 464 g/mol. The van der Waals surface area contributed by atoms with Crippen LogP contribution in [-0.2, 0) is 0 Å². The Bertz CT molecular complexity index is 907. The summed E-state index contributed by atoms with van der Waals surface area (Å²) in [5.74, 6) is 0.625. The van der Waals surface area contributed by atoms with Crippen molar-refractivity contribution in [3.05, 3.63) is 57.5 Å². The van der Waals surface area contributed by atoms with Gasteiger partial charge in [-0.15, -0.1) is 0 Å². The summed E-state index contributed by atoms with van der Waals surface area (Å²) in [6.45, 7) is 0.646. The van der Waals surface area contributed by atoms with Crippen LogP contribution in [0.2, 0.25) is 0 Å². The molecular formula is C19H19FIN3O3. The zero-order chi connectivity index (χ0) is 19.4. The highest BCUT2D eigenvalue weighted by Crippen LogP contribution is 2.29. The maximum atomic E-state index is 13.5. The number of halogens is 2. The summed E-state index contributed by atoms with van der Waals surface area (Å²) >= 11 is 2.16. The van der Waals surface area contributed by atoms with E-state index in [0.29, 0.717) is 18.7 Å². The molecule has 0 fully saturated rings. The number of allylic oxidation sites excluding steroid dienone is 1. The van der Waals surface area contributed by atoms with Crippen LogP contribution in [0.4, 0.5) is 4.39 Å². The molecule has 0 saturated heterocycles. The number of benzene rings is 1. The first-order valence-electron chi connectivity index (χ1n) is 8.30. The molecule has 0 spiro atoms. The van der Waals surface area contributed by atoms with Crippen LogP contribution in [0.1, 0.15) is 16.9 Å². The smallest absolute Gasteiger partial charge is 0.273 e. The lowest BCUT2D eigenvalue weighted by atomic mass is 10.1. The lowest BCUT2D eigenvalue weighted by Crippen LogP contribution is -2.26. The molecule has 0 aliphatic carbocycles. The van der Waals surface area contributed by atoms with Crippen LogP contribution in [0, 0.1) is 3.57 Å². The van der Waals surface area contributed by atoms with E-state index in [-0.39, 0.29) is 24.0 Å². The van der Waals surface area contributed by atoms with Crippen molar-refractivity contribution in [3.8, 4) is 17.1 Å². The minimum absolute atomic E-state index is 0.186. The van der Waals surface area contributed by atoms with Crippen LogP contribution in [0.25, 0.3) is 11.3 Å². The maximum Gasteiger partial charge on any atom is 0.273 e. The molecule has 1 aliphatic heterocycles. The maximum absolute atomic E-state index is 13.5. The Morgan fingerprint density at radius 1 is 1.48 bits per heavy atom. The van der Waals surface area contributed by atoms with E-state index in [9.17, 15) is 9.18 Å². The quantitative estimate of drug-likeness (QED) is 0.635. The fourth-order valence-electron chi connectivity index (χ4n) is 2.81. The molecule has 142 valence electrons. The molecule has 3 rings (SSSR count). The van der Waals surface area contributed by atoms with Crippen LogP contribution >= 0.6 is 22.6 Å². The van der Waals surface area contributed by atoms with E-state index in [4.69, 9.17) is 9.15 Å². The predicted molar refractivity (Wildman–Crippen MR) is 108 cm³/mol. The van der Waals surface area contributed by atoms with Crippen molar-refractivity contribution in [3.63, 3.8) is 0 Å². The van der Waals surface area contributed by atoms with Gasteiger partial charge in [0.25, 0.3) is 5.91 Å². The van der Waals surface area contributed by atoms with E-state index in [1.807, 2.05) is 31.4 Å².